The fourth-order valence-corrected chi connectivity index (χ4v) is 5.90. The first-order valence-corrected chi connectivity index (χ1v) is 12.9. The third-order valence-corrected chi connectivity index (χ3v) is 7.91. The van der Waals surface area contributed by atoms with E-state index in [2.05, 4.69) is 21.6 Å². The highest BCUT2D eigenvalue weighted by molar-refractivity contribution is 7.99. The van der Waals surface area contributed by atoms with Crippen molar-refractivity contribution in [3.63, 3.8) is 0 Å². The quantitative estimate of drug-likeness (QED) is 0.368. The van der Waals surface area contributed by atoms with E-state index in [1.54, 1.807) is 11.3 Å². The van der Waals surface area contributed by atoms with Gasteiger partial charge in [-0.25, -0.2) is 0 Å². The summed E-state index contributed by atoms with van der Waals surface area (Å²) in [6.45, 7) is 3.96. The zero-order valence-electron chi connectivity index (χ0n) is 19.1. The molecule has 1 aromatic carbocycles. The highest BCUT2D eigenvalue weighted by Gasteiger charge is 2.22. The van der Waals surface area contributed by atoms with E-state index < -0.39 is 0 Å². The maximum Gasteiger partial charge on any atom is 0.235 e. The van der Waals surface area contributed by atoms with E-state index in [4.69, 9.17) is 4.74 Å². The number of rotatable bonds is 7. The molecule has 0 spiro atoms. The Labute approximate surface area is 202 Å². The average Bonchev–Trinajstić information content (AvgIpc) is 3.23. The molecule has 0 bridgehead atoms. The molecule has 1 unspecified atom stereocenters. The van der Waals surface area contributed by atoms with Crippen LogP contribution < -0.4 is 10.1 Å². The number of aromatic nitrogens is 3. The summed E-state index contributed by atoms with van der Waals surface area (Å²) in [5, 5.41) is 22.4. The molecule has 1 aliphatic carbocycles. The number of nitrogens with zero attached hydrogens (tertiary/aromatic N) is 4. The number of fused-ring (bicyclic) bond motifs is 1. The van der Waals surface area contributed by atoms with Gasteiger partial charge in [-0.05, 0) is 57.2 Å². The minimum absolute atomic E-state index is 0.151. The lowest BCUT2D eigenvalue weighted by atomic mass is 10.1. The Hall–Kier alpha value is -2.83. The fourth-order valence-electron chi connectivity index (χ4n) is 3.92. The van der Waals surface area contributed by atoms with Gasteiger partial charge in [-0.2, -0.15) is 5.26 Å². The molecule has 1 aliphatic rings. The second-order valence-corrected chi connectivity index (χ2v) is 10.2. The SMILES string of the molecule is Cc1ccc(OC(C)c2nnc(SCC(=O)Nc3sc4c(c3C#N)CCCCC4)n2C)cc1. The third-order valence-electron chi connectivity index (χ3n) is 5.68. The predicted octanol–water partition coefficient (Wildman–Crippen LogP) is 5.20. The summed E-state index contributed by atoms with van der Waals surface area (Å²) in [5.41, 5.74) is 2.94. The van der Waals surface area contributed by atoms with Gasteiger partial charge in [-0.3, -0.25) is 4.79 Å². The van der Waals surface area contributed by atoms with Crippen LogP contribution in [-0.4, -0.2) is 26.4 Å². The van der Waals surface area contributed by atoms with E-state index in [0.29, 0.717) is 21.5 Å². The van der Waals surface area contributed by atoms with E-state index >= 15 is 0 Å². The summed E-state index contributed by atoms with van der Waals surface area (Å²) in [5.74, 6) is 1.49. The molecule has 0 radical (unpaired) electrons. The van der Waals surface area contributed by atoms with E-state index in [0.717, 1.165) is 37.0 Å². The second-order valence-electron chi connectivity index (χ2n) is 8.19. The van der Waals surface area contributed by atoms with Gasteiger partial charge in [0.25, 0.3) is 0 Å². The van der Waals surface area contributed by atoms with Crippen molar-refractivity contribution in [2.45, 2.75) is 57.2 Å². The lowest BCUT2D eigenvalue weighted by molar-refractivity contribution is -0.113. The molecule has 4 rings (SSSR count). The highest BCUT2D eigenvalue weighted by atomic mass is 32.2. The lowest BCUT2D eigenvalue weighted by Gasteiger charge is -2.14. The number of aryl methyl sites for hydroxylation is 2. The average molecular weight is 482 g/mol. The summed E-state index contributed by atoms with van der Waals surface area (Å²) >= 11 is 2.87. The zero-order chi connectivity index (χ0) is 23.4. The van der Waals surface area contributed by atoms with Crippen molar-refractivity contribution in [3.05, 3.63) is 51.7 Å². The first kappa shape index (κ1) is 23.3. The van der Waals surface area contributed by atoms with Crippen LogP contribution in [0.2, 0.25) is 0 Å². The summed E-state index contributed by atoms with van der Waals surface area (Å²) in [4.78, 5) is 13.9. The van der Waals surface area contributed by atoms with Gasteiger partial charge in [-0.1, -0.05) is 35.9 Å². The van der Waals surface area contributed by atoms with Gasteiger partial charge in [-0.15, -0.1) is 21.5 Å². The molecule has 0 fully saturated rings. The Morgan fingerprint density at radius 2 is 2.03 bits per heavy atom. The van der Waals surface area contributed by atoms with Crippen LogP contribution in [0.4, 0.5) is 5.00 Å². The molecule has 1 atom stereocenters. The van der Waals surface area contributed by atoms with Gasteiger partial charge in [0.1, 0.15) is 16.8 Å². The van der Waals surface area contributed by atoms with Crippen molar-refractivity contribution in [3.8, 4) is 11.8 Å². The van der Waals surface area contributed by atoms with Crippen molar-refractivity contribution in [1.29, 1.82) is 5.26 Å². The number of anilines is 1. The highest BCUT2D eigenvalue weighted by Crippen LogP contribution is 2.37. The van der Waals surface area contributed by atoms with Crippen molar-refractivity contribution < 1.29 is 9.53 Å². The Bertz CT molecular complexity index is 1180. The van der Waals surface area contributed by atoms with Crippen LogP contribution in [0.3, 0.4) is 0 Å². The van der Waals surface area contributed by atoms with Crippen LogP contribution in [0.25, 0.3) is 0 Å². The first-order valence-electron chi connectivity index (χ1n) is 11.1. The van der Waals surface area contributed by atoms with Crippen LogP contribution in [0.1, 0.15) is 59.7 Å². The number of thioether (sulfide) groups is 1. The Morgan fingerprint density at radius 1 is 1.27 bits per heavy atom. The Morgan fingerprint density at radius 3 is 2.79 bits per heavy atom. The molecule has 7 nitrogen and oxygen atoms in total. The lowest BCUT2D eigenvalue weighted by Crippen LogP contribution is -2.15. The molecule has 0 saturated heterocycles. The Kier molecular flexibility index (Phi) is 7.36. The molecule has 2 aromatic heterocycles. The standard InChI is InChI=1S/C24H27N5O2S2/c1-15-9-11-17(12-10-15)31-16(2)22-27-28-24(29(22)3)32-14-21(30)26-23-19(13-25)18-7-5-4-6-8-20(18)33-23/h9-12,16H,4-8,14H2,1-3H3,(H,26,30). The van der Waals surface area contributed by atoms with Crippen LogP contribution in [-0.2, 0) is 24.7 Å². The number of ether oxygens (including phenoxy) is 1. The zero-order valence-corrected chi connectivity index (χ0v) is 20.7. The number of carbonyl (C=O) groups is 1. The van der Waals surface area contributed by atoms with E-state index in [1.165, 1.54) is 28.6 Å². The van der Waals surface area contributed by atoms with Crippen molar-refractivity contribution >= 4 is 34.0 Å². The number of nitriles is 1. The number of thiophene rings is 1. The van der Waals surface area contributed by atoms with Gasteiger partial charge < -0.3 is 14.6 Å². The number of hydrogen-bond acceptors (Lipinski definition) is 7. The minimum Gasteiger partial charge on any atom is -0.483 e. The van der Waals surface area contributed by atoms with Crippen molar-refractivity contribution in [2.24, 2.45) is 7.05 Å². The molecular formula is C24H27N5O2S2. The van der Waals surface area contributed by atoms with Gasteiger partial charge >= 0.3 is 0 Å². The molecule has 9 heteroatoms. The van der Waals surface area contributed by atoms with E-state index in [9.17, 15) is 10.1 Å². The molecule has 1 N–H and O–H groups in total. The maximum absolute atomic E-state index is 12.6. The number of amides is 1. The number of carbonyl (C=O) groups excluding carboxylic acids is 1. The molecule has 2 heterocycles. The number of nitrogens with one attached hydrogen (secondary N) is 1. The van der Waals surface area contributed by atoms with Crippen LogP contribution in [0, 0.1) is 18.3 Å². The van der Waals surface area contributed by atoms with Crippen molar-refractivity contribution in [1.82, 2.24) is 14.8 Å². The number of benzene rings is 1. The summed E-state index contributed by atoms with van der Waals surface area (Å²) in [7, 11) is 1.87. The molecule has 33 heavy (non-hydrogen) atoms. The fraction of sp³-hybridized carbons (Fsp3) is 0.417. The largest absolute Gasteiger partial charge is 0.483 e. The van der Waals surface area contributed by atoms with E-state index in [-0.39, 0.29) is 17.8 Å². The van der Waals surface area contributed by atoms with Crippen molar-refractivity contribution in [2.75, 3.05) is 11.1 Å². The molecule has 0 aliphatic heterocycles. The summed E-state index contributed by atoms with van der Waals surface area (Å²) in [6, 6.07) is 10.2. The molecule has 172 valence electrons. The first-order chi connectivity index (χ1) is 16.0. The van der Waals surface area contributed by atoms with Gasteiger partial charge in [0.15, 0.2) is 17.1 Å². The maximum atomic E-state index is 12.6. The minimum atomic E-state index is -0.284. The van der Waals surface area contributed by atoms with Crippen LogP contribution >= 0.6 is 23.1 Å². The Balaban J connectivity index is 1.37. The van der Waals surface area contributed by atoms with E-state index in [1.807, 2.05) is 49.7 Å². The van der Waals surface area contributed by atoms with Gasteiger partial charge in [0.2, 0.25) is 5.91 Å². The topological polar surface area (TPSA) is 92.8 Å². The molecule has 3 aromatic rings. The summed E-state index contributed by atoms with van der Waals surface area (Å²) < 4.78 is 7.84. The molecule has 1 amide bonds. The summed E-state index contributed by atoms with van der Waals surface area (Å²) in [6.07, 6.45) is 5.06. The molecular weight excluding hydrogens is 454 g/mol. The molecule has 0 saturated carbocycles. The van der Waals surface area contributed by atoms with Gasteiger partial charge in [0, 0.05) is 11.9 Å². The smallest absolute Gasteiger partial charge is 0.235 e. The predicted molar refractivity (Wildman–Crippen MR) is 131 cm³/mol. The number of hydrogen-bond donors (Lipinski definition) is 1. The second kappa shape index (κ2) is 10.4. The van der Waals surface area contributed by atoms with Gasteiger partial charge in [0.05, 0.1) is 11.3 Å². The third kappa shape index (κ3) is 5.40. The monoisotopic (exact) mass is 481 g/mol. The normalized spacial score (nSPS) is 14.1. The van der Waals surface area contributed by atoms with Crippen LogP contribution in [0.15, 0.2) is 29.4 Å². The van der Waals surface area contributed by atoms with Crippen LogP contribution in [0.5, 0.6) is 5.75 Å².